The van der Waals surface area contributed by atoms with Crippen molar-refractivity contribution in [3.63, 3.8) is 0 Å². The third-order valence-electron chi connectivity index (χ3n) is 3.50. The van der Waals surface area contributed by atoms with E-state index >= 15 is 0 Å². The van der Waals surface area contributed by atoms with Gasteiger partial charge in [-0.1, -0.05) is 18.2 Å². The van der Waals surface area contributed by atoms with E-state index in [0.29, 0.717) is 12.3 Å². The summed E-state index contributed by atoms with van der Waals surface area (Å²) in [4.78, 5) is 24.0. The topological polar surface area (TPSA) is 88.2 Å². The van der Waals surface area contributed by atoms with Gasteiger partial charge in [0.25, 0.3) is 5.56 Å². The van der Waals surface area contributed by atoms with E-state index in [1.165, 1.54) is 16.8 Å². The van der Waals surface area contributed by atoms with E-state index in [-0.39, 0.29) is 31.0 Å². The first-order chi connectivity index (χ1) is 12.7. The highest BCUT2D eigenvalue weighted by Crippen LogP contribution is 2.07. The Labute approximate surface area is 149 Å². The molecule has 2 heterocycles. The molecule has 26 heavy (non-hydrogen) atoms. The number of ether oxygens (including phenoxy) is 2. The van der Waals surface area contributed by atoms with Gasteiger partial charge in [0.1, 0.15) is 19.0 Å². The van der Waals surface area contributed by atoms with E-state index in [1.807, 2.05) is 30.3 Å². The van der Waals surface area contributed by atoms with Gasteiger partial charge in [0.15, 0.2) is 5.69 Å². The fourth-order valence-corrected chi connectivity index (χ4v) is 2.22. The van der Waals surface area contributed by atoms with E-state index in [0.717, 1.165) is 0 Å². The lowest BCUT2D eigenvalue weighted by atomic mass is 10.3. The maximum Gasteiger partial charge on any atom is 0.358 e. The third kappa shape index (κ3) is 4.79. The largest absolute Gasteiger partial charge is 0.492 e. The predicted molar refractivity (Wildman–Crippen MR) is 92.9 cm³/mol. The SMILES string of the molecule is O=C(OCCn1cccn1)c1ccc(=O)n(CCOc2ccccc2)n1. The molecule has 0 unspecified atom stereocenters. The van der Waals surface area contributed by atoms with E-state index in [2.05, 4.69) is 10.2 Å². The van der Waals surface area contributed by atoms with Crippen LogP contribution in [0.5, 0.6) is 5.75 Å². The summed E-state index contributed by atoms with van der Waals surface area (Å²) >= 11 is 0. The lowest BCUT2D eigenvalue weighted by Crippen LogP contribution is -2.27. The summed E-state index contributed by atoms with van der Waals surface area (Å²) in [6.45, 7) is 1.10. The maximum atomic E-state index is 12.1. The Morgan fingerprint density at radius 2 is 1.85 bits per heavy atom. The summed E-state index contributed by atoms with van der Waals surface area (Å²) in [6.07, 6.45) is 3.43. The number of benzene rings is 1. The highest BCUT2D eigenvalue weighted by molar-refractivity contribution is 5.86. The maximum absolute atomic E-state index is 12.1. The molecule has 2 aromatic heterocycles. The van der Waals surface area contributed by atoms with E-state index in [9.17, 15) is 9.59 Å². The van der Waals surface area contributed by atoms with Crippen LogP contribution < -0.4 is 10.3 Å². The standard InChI is InChI=1S/C18H18N4O4/c23-17-8-7-16(18(24)26-13-11-21-10-4-9-19-21)20-22(17)12-14-25-15-5-2-1-3-6-15/h1-10H,11-14H2. The number of para-hydroxylation sites is 1. The fraction of sp³-hybridized carbons (Fsp3) is 0.222. The monoisotopic (exact) mass is 354 g/mol. The van der Waals surface area contributed by atoms with Gasteiger partial charge in [-0.3, -0.25) is 9.48 Å². The molecule has 0 atom stereocenters. The zero-order chi connectivity index (χ0) is 18.2. The molecule has 0 bridgehead atoms. The molecule has 0 aliphatic rings. The van der Waals surface area contributed by atoms with Crippen molar-refractivity contribution in [1.29, 1.82) is 0 Å². The van der Waals surface area contributed by atoms with Crippen molar-refractivity contribution in [2.75, 3.05) is 13.2 Å². The number of aromatic nitrogens is 4. The molecule has 0 saturated heterocycles. The van der Waals surface area contributed by atoms with E-state index in [1.54, 1.807) is 23.1 Å². The van der Waals surface area contributed by atoms with Gasteiger partial charge in [-0.25, -0.2) is 9.48 Å². The first-order valence-corrected chi connectivity index (χ1v) is 8.13. The molecule has 8 nitrogen and oxygen atoms in total. The van der Waals surface area contributed by atoms with Crippen molar-refractivity contribution in [2.45, 2.75) is 13.1 Å². The number of hydrogen-bond acceptors (Lipinski definition) is 6. The summed E-state index contributed by atoms with van der Waals surface area (Å²) in [7, 11) is 0. The van der Waals surface area contributed by atoms with Crippen LogP contribution in [0.4, 0.5) is 0 Å². The Morgan fingerprint density at radius 1 is 1.00 bits per heavy atom. The van der Waals surface area contributed by atoms with Crippen LogP contribution in [0.2, 0.25) is 0 Å². The molecule has 0 fully saturated rings. The number of carbonyl (C=O) groups is 1. The first-order valence-electron chi connectivity index (χ1n) is 8.13. The Kier molecular flexibility index (Phi) is 5.76. The molecular weight excluding hydrogens is 336 g/mol. The van der Waals surface area contributed by atoms with Crippen molar-refractivity contribution < 1.29 is 14.3 Å². The van der Waals surface area contributed by atoms with Gasteiger partial charge in [-0.2, -0.15) is 10.2 Å². The first kappa shape index (κ1) is 17.4. The number of carbonyl (C=O) groups excluding carboxylic acids is 1. The van der Waals surface area contributed by atoms with Gasteiger partial charge in [0, 0.05) is 18.5 Å². The molecule has 0 radical (unpaired) electrons. The van der Waals surface area contributed by atoms with Crippen molar-refractivity contribution in [3.8, 4) is 5.75 Å². The smallest absolute Gasteiger partial charge is 0.358 e. The average Bonchev–Trinajstić information content (AvgIpc) is 3.17. The van der Waals surface area contributed by atoms with Crippen LogP contribution in [0.3, 0.4) is 0 Å². The molecule has 0 N–H and O–H groups in total. The molecule has 0 aliphatic heterocycles. The van der Waals surface area contributed by atoms with Crippen LogP contribution in [0.15, 0.2) is 65.7 Å². The summed E-state index contributed by atoms with van der Waals surface area (Å²) < 4.78 is 13.5. The van der Waals surface area contributed by atoms with Crippen molar-refractivity contribution in [3.05, 3.63) is 77.0 Å². The van der Waals surface area contributed by atoms with Crippen LogP contribution >= 0.6 is 0 Å². The van der Waals surface area contributed by atoms with E-state index < -0.39 is 5.97 Å². The number of rotatable bonds is 8. The highest BCUT2D eigenvalue weighted by Gasteiger charge is 2.11. The second kappa shape index (κ2) is 8.61. The van der Waals surface area contributed by atoms with Crippen LogP contribution in [-0.4, -0.2) is 38.7 Å². The molecule has 0 aliphatic carbocycles. The van der Waals surface area contributed by atoms with Gasteiger partial charge < -0.3 is 9.47 Å². The minimum atomic E-state index is -0.588. The number of esters is 1. The zero-order valence-corrected chi connectivity index (χ0v) is 14.0. The van der Waals surface area contributed by atoms with Gasteiger partial charge >= 0.3 is 5.97 Å². The van der Waals surface area contributed by atoms with Gasteiger partial charge in [0.2, 0.25) is 0 Å². The summed E-state index contributed by atoms with van der Waals surface area (Å²) in [5, 5.41) is 8.07. The van der Waals surface area contributed by atoms with Gasteiger partial charge in [-0.05, 0) is 24.3 Å². The minimum absolute atomic E-state index is 0.0739. The van der Waals surface area contributed by atoms with Crippen LogP contribution in [0, 0.1) is 0 Å². The molecule has 8 heteroatoms. The molecule has 1 aromatic carbocycles. The van der Waals surface area contributed by atoms with Crippen LogP contribution in [-0.2, 0) is 17.8 Å². The van der Waals surface area contributed by atoms with Crippen molar-refractivity contribution in [1.82, 2.24) is 19.6 Å². The summed E-state index contributed by atoms with van der Waals surface area (Å²) in [5.41, 5.74) is -0.237. The van der Waals surface area contributed by atoms with Gasteiger partial charge in [0.05, 0.1) is 13.1 Å². The molecular formula is C18H18N4O4. The Bertz CT molecular complexity index is 891. The lowest BCUT2D eigenvalue weighted by Gasteiger charge is -2.09. The molecule has 0 saturated carbocycles. The van der Waals surface area contributed by atoms with Crippen LogP contribution in [0.25, 0.3) is 0 Å². The third-order valence-corrected chi connectivity index (χ3v) is 3.50. The average molecular weight is 354 g/mol. The Morgan fingerprint density at radius 3 is 2.62 bits per heavy atom. The Balaban J connectivity index is 1.54. The zero-order valence-electron chi connectivity index (χ0n) is 14.0. The lowest BCUT2D eigenvalue weighted by molar-refractivity contribution is 0.0477. The molecule has 0 amide bonds. The minimum Gasteiger partial charge on any atom is -0.492 e. The van der Waals surface area contributed by atoms with Crippen LogP contribution in [0.1, 0.15) is 10.5 Å². The Hall–Kier alpha value is -3.42. The van der Waals surface area contributed by atoms with Gasteiger partial charge in [-0.15, -0.1) is 0 Å². The second-order valence-corrected chi connectivity index (χ2v) is 5.35. The van der Waals surface area contributed by atoms with Crippen molar-refractivity contribution >= 4 is 5.97 Å². The quantitative estimate of drug-likeness (QED) is 0.568. The molecule has 134 valence electrons. The molecule has 3 rings (SSSR count). The predicted octanol–water partition coefficient (Wildman–Crippen LogP) is 1.38. The second-order valence-electron chi connectivity index (χ2n) is 5.35. The molecule has 3 aromatic rings. The fourth-order valence-electron chi connectivity index (χ4n) is 2.22. The number of hydrogen-bond donors (Lipinski definition) is 0. The molecule has 0 spiro atoms. The number of nitrogens with zero attached hydrogens (tertiary/aromatic N) is 4. The van der Waals surface area contributed by atoms with E-state index in [4.69, 9.17) is 9.47 Å². The summed E-state index contributed by atoms with van der Waals surface area (Å²) in [5.74, 6) is 0.115. The summed E-state index contributed by atoms with van der Waals surface area (Å²) in [6, 6.07) is 13.7. The normalized spacial score (nSPS) is 10.5. The van der Waals surface area contributed by atoms with Crippen molar-refractivity contribution in [2.24, 2.45) is 0 Å². The highest BCUT2D eigenvalue weighted by atomic mass is 16.5.